The van der Waals surface area contributed by atoms with Gasteiger partial charge in [0.25, 0.3) is 5.66 Å². The number of benzene rings is 1. The van der Waals surface area contributed by atoms with Gasteiger partial charge in [0, 0.05) is 5.56 Å². The normalized spacial score (nSPS) is 21.9. The summed E-state index contributed by atoms with van der Waals surface area (Å²) in [5, 5.41) is 32.4. The lowest BCUT2D eigenvalue weighted by molar-refractivity contribution is 0.742. The molecule has 8 heteroatoms. The standard InChI is InChI=1S/C9N8/c10-3-1-2(5-7(14-12-5)6(3)13-10)9(16-17-9)8-4(1)11-15-8. The minimum absolute atomic E-state index is 0.643. The van der Waals surface area contributed by atoms with Gasteiger partial charge in [-0.25, -0.2) is 0 Å². The van der Waals surface area contributed by atoms with Gasteiger partial charge in [0.05, 0.1) is 5.56 Å². The fourth-order valence-electron chi connectivity index (χ4n) is 2.68. The Hall–Kier alpha value is -2.64. The van der Waals surface area contributed by atoms with E-state index >= 15 is 0 Å². The van der Waals surface area contributed by atoms with E-state index in [0.717, 1.165) is 44.6 Å². The van der Waals surface area contributed by atoms with Crippen LogP contribution in [0, 0.1) is 0 Å². The van der Waals surface area contributed by atoms with Gasteiger partial charge in [0.1, 0.15) is 33.5 Å². The predicted molar refractivity (Wildman–Crippen MR) is 53.3 cm³/mol. The highest BCUT2D eigenvalue weighted by atomic mass is 15.5. The summed E-state index contributed by atoms with van der Waals surface area (Å²) >= 11 is 0. The highest BCUT2D eigenvalue weighted by Crippen LogP contribution is 2.62. The second kappa shape index (κ2) is 1.63. The third-order valence-corrected chi connectivity index (χ3v) is 3.59. The molecule has 4 heterocycles. The van der Waals surface area contributed by atoms with Crippen LogP contribution in [0.25, 0.3) is 27.8 Å². The SMILES string of the molecule is N1=NC2=C1c1c(c3nnc3c3nnc13)C21N=N1. The number of rotatable bonds is 0. The molecule has 3 aliphatic rings. The zero-order valence-electron chi connectivity index (χ0n) is 8.08. The predicted octanol–water partition coefficient (Wildman–Crippen LogP) is 1.22. The molecule has 0 fully saturated rings. The van der Waals surface area contributed by atoms with Gasteiger partial charge in [0.15, 0.2) is 0 Å². The van der Waals surface area contributed by atoms with Gasteiger partial charge in [-0.2, -0.15) is 0 Å². The van der Waals surface area contributed by atoms with Gasteiger partial charge in [0.2, 0.25) is 0 Å². The number of hydrogen-bond acceptors (Lipinski definition) is 8. The maximum atomic E-state index is 4.13. The van der Waals surface area contributed by atoms with Crippen molar-refractivity contribution in [2.45, 2.75) is 5.66 Å². The van der Waals surface area contributed by atoms with E-state index in [0.29, 0.717) is 0 Å². The van der Waals surface area contributed by atoms with Crippen molar-refractivity contribution < 1.29 is 0 Å². The van der Waals surface area contributed by atoms with Gasteiger partial charge in [-0.15, -0.1) is 40.9 Å². The van der Waals surface area contributed by atoms with Crippen molar-refractivity contribution in [2.75, 3.05) is 0 Å². The molecule has 76 valence electrons. The molecule has 2 aromatic heterocycles. The van der Waals surface area contributed by atoms with Crippen molar-refractivity contribution in [3.8, 4) is 0 Å². The van der Waals surface area contributed by atoms with Crippen LogP contribution >= 0.6 is 0 Å². The largest absolute Gasteiger partial charge is 0.264 e. The van der Waals surface area contributed by atoms with Crippen LogP contribution in [0.5, 0.6) is 0 Å². The summed E-state index contributed by atoms with van der Waals surface area (Å²) in [5.41, 5.74) is 6.15. The van der Waals surface area contributed by atoms with Crippen LogP contribution in [0.1, 0.15) is 11.1 Å². The molecule has 1 spiro atoms. The minimum atomic E-state index is -0.643. The summed E-state index contributed by atoms with van der Waals surface area (Å²) in [6, 6.07) is 0. The van der Waals surface area contributed by atoms with E-state index in [1.54, 1.807) is 0 Å². The van der Waals surface area contributed by atoms with Crippen LogP contribution in [0.4, 0.5) is 0 Å². The Labute approximate surface area is 91.8 Å². The first-order valence-electron chi connectivity index (χ1n) is 5.09. The highest BCUT2D eigenvalue weighted by molar-refractivity contribution is 6.12. The first kappa shape index (κ1) is 6.84. The lowest BCUT2D eigenvalue weighted by Gasteiger charge is -2.12. The van der Waals surface area contributed by atoms with Crippen LogP contribution in [-0.2, 0) is 5.66 Å². The second-order valence-electron chi connectivity index (χ2n) is 4.31. The Morgan fingerprint density at radius 3 is 1.94 bits per heavy atom. The first-order valence-corrected chi connectivity index (χ1v) is 5.09. The quantitative estimate of drug-likeness (QED) is 0.568. The smallest absolute Gasteiger partial charge is 0.148 e. The zero-order valence-corrected chi connectivity index (χ0v) is 8.08. The van der Waals surface area contributed by atoms with E-state index in [1.165, 1.54) is 0 Å². The van der Waals surface area contributed by atoms with E-state index in [9.17, 15) is 0 Å². The van der Waals surface area contributed by atoms with Crippen LogP contribution in [0.15, 0.2) is 26.2 Å². The van der Waals surface area contributed by atoms with E-state index in [1.807, 2.05) is 0 Å². The van der Waals surface area contributed by atoms with E-state index < -0.39 is 5.66 Å². The fraction of sp³-hybridized carbons (Fsp3) is 0.111. The van der Waals surface area contributed by atoms with Crippen LogP contribution < -0.4 is 0 Å². The van der Waals surface area contributed by atoms with Gasteiger partial charge >= 0.3 is 0 Å². The van der Waals surface area contributed by atoms with Gasteiger partial charge in [-0.05, 0) is 0 Å². The van der Waals surface area contributed by atoms with E-state index in [4.69, 9.17) is 0 Å². The summed E-state index contributed by atoms with van der Waals surface area (Å²) in [4.78, 5) is 0. The molecule has 0 unspecified atom stereocenters. The summed E-state index contributed by atoms with van der Waals surface area (Å²) in [6.45, 7) is 0. The first-order chi connectivity index (χ1) is 8.40. The summed E-state index contributed by atoms with van der Waals surface area (Å²) in [5.74, 6) is 0. The molecule has 0 atom stereocenters. The molecular formula is C9N8. The van der Waals surface area contributed by atoms with Gasteiger partial charge < -0.3 is 0 Å². The van der Waals surface area contributed by atoms with Crippen LogP contribution in [-0.4, -0.2) is 20.4 Å². The summed E-state index contributed by atoms with van der Waals surface area (Å²) < 4.78 is 0. The van der Waals surface area contributed by atoms with Gasteiger partial charge in [-0.1, -0.05) is 0 Å². The number of azo groups is 1. The second-order valence-corrected chi connectivity index (χ2v) is 4.31. The van der Waals surface area contributed by atoms with Crippen LogP contribution in [0.2, 0.25) is 0 Å². The Kier molecular flexibility index (Phi) is 0.657. The molecule has 1 aliphatic carbocycles. The molecule has 8 nitrogen and oxygen atoms in total. The average Bonchev–Trinajstić information content (AvgIpc) is 2.92. The number of fused-ring (bicyclic) bond motifs is 9. The van der Waals surface area contributed by atoms with E-state index in [-0.39, 0.29) is 0 Å². The zero-order chi connectivity index (χ0) is 10.8. The van der Waals surface area contributed by atoms with Crippen molar-refractivity contribution in [1.29, 1.82) is 0 Å². The molecule has 6 rings (SSSR count). The minimum Gasteiger partial charge on any atom is -0.148 e. The molecule has 3 aromatic rings. The number of aromatic nitrogens is 4. The Morgan fingerprint density at radius 2 is 1.41 bits per heavy atom. The monoisotopic (exact) mass is 220 g/mol. The topological polar surface area (TPSA) is 101 Å². The summed E-state index contributed by atoms with van der Waals surface area (Å²) in [7, 11) is 0. The molecule has 0 bridgehead atoms. The number of nitrogens with zero attached hydrogens (tertiary/aromatic N) is 8. The molecule has 0 amide bonds. The lowest BCUT2D eigenvalue weighted by Crippen LogP contribution is -2.13. The molecule has 0 radical (unpaired) electrons. The Bertz CT molecular complexity index is 929. The third kappa shape index (κ3) is 0.458. The van der Waals surface area contributed by atoms with Crippen molar-refractivity contribution in [3.05, 3.63) is 16.8 Å². The molecular weight excluding hydrogens is 220 g/mol. The average molecular weight is 220 g/mol. The van der Waals surface area contributed by atoms with Crippen molar-refractivity contribution in [1.82, 2.24) is 20.4 Å². The lowest BCUT2D eigenvalue weighted by atomic mass is 9.98. The molecule has 17 heavy (non-hydrogen) atoms. The molecule has 1 aromatic carbocycles. The third-order valence-electron chi connectivity index (χ3n) is 3.59. The Balaban J connectivity index is 1.93. The molecule has 2 aliphatic heterocycles. The maximum absolute atomic E-state index is 4.13. The fourth-order valence-corrected chi connectivity index (χ4v) is 2.68. The maximum Gasteiger partial charge on any atom is 0.264 e. The Morgan fingerprint density at radius 1 is 0.706 bits per heavy atom. The molecule has 0 saturated carbocycles. The van der Waals surface area contributed by atoms with Crippen molar-refractivity contribution in [3.63, 3.8) is 0 Å². The van der Waals surface area contributed by atoms with Crippen molar-refractivity contribution >= 4 is 27.8 Å². The van der Waals surface area contributed by atoms with Crippen molar-refractivity contribution in [2.24, 2.45) is 20.5 Å². The molecule has 0 N–H and O–H groups in total. The van der Waals surface area contributed by atoms with E-state index in [2.05, 4.69) is 40.9 Å². The molecule has 0 saturated heterocycles. The van der Waals surface area contributed by atoms with Gasteiger partial charge in [-0.3, -0.25) is 0 Å². The summed E-state index contributed by atoms with van der Waals surface area (Å²) in [6.07, 6.45) is 0. The number of hydrogen-bond donors (Lipinski definition) is 0. The highest BCUT2D eigenvalue weighted by Gasteiger charge is 2.60. The van der Waals surface area contributed by atoms with Crippen LogP contribution in [0.3, 0.4) is 0 Å².